The number of β-amino-alcohol motifs (C(OH)–C–C–N with tert-alkyl or cyclic N) is 1. The van der Waals surface area contributed by atoms with Crippen molar-refractivity contribution in [3.8, 4) is 0 Å². The minimum absolute atomic E-state index is 0.202. The van der Waals surface area contributed by atoms with Crippen LogP contribution in [0.15, 0.2) is 30.3 Å². The summed E-state index contributed by atoms with van der Waals surface area (Å²) in [5, 5.41) is 10.8. The van der Waals surface area contributed by atoms with Crippen molar-refractivity contribution in [2.45, 2.75) is 25.5 Å². The molecular formula is C13H15N3OS. The molecule has 1 N–H and O–H groups in total. The Labute approximate surface area is 110 Å². The molecule has 1 fully saturated rings. The summed E-state index contributed by atoms with van der Waals surface area (Å²) >= 11 is 1.40. The number of aromatic nitrogens is 2. The highest BCUT2D eigenvalue weighted by molar-refractivity contribution is 7.09. The number of nitrogens with zero attached hydrogens (tertiary/aromatic N) is 3. The highest BCUT2D eigenvalue weighted by Crippen LogP contribution is 2.36. The van der Waals surface area contributed by atoms with Crippen molar-refractivity contribution in [1.29, 1.82) is 0 Å². The second-order valence-corrected chi connectivity index (χ2v) is 5.32. The summed E-state index contributed by atoms with van der Waals surface area (Å²) in [6, 6.07) is 10.5. The van der Waals surface area contributed by atoms with Crippen LogP contribution >= 0.6 is 11.5 Å². The van der Waals surface area contributed by atoms with Crippen LogP contribution in [0.3, 0.4) is 0 Å². The van der Waals surface area contributed by atoms with E-state index in [2.05, 4.69) is 26.4 Å². The van der Waals surface area contributed by atoms with E-state index < -0.39 is 0 Å². The van der Waals surface area contributed by atoms with E-state index in [1.54, 1.807) is 0 Å². The lowest BCUT2D eigenvalue weighted by Gasteiger charge is -2.23. The van der Waals surface area contributed by atoms with Crippen molar-refractivity contribution in [3.05, 3.63) is 41.7 Å². The van der Waals surface area contributed by atoms with Crippen LogP contribution in [0.4, 0.5) is 5.13 Å². The van der Waals surface area contributed by atoms with Gasteiger partial charge in [0.05, 0.1) is 12.1 Å². The average Bonchev–Trinajstić information content (AvgIpc) is 2.96. The van der Waals surface area contributed by atoms with Gasteiger partial charge in [-0.1, -0.05) is 30.3 Å². The molecule has 0 bridgehead atoms. The first-order chi connectivity index (χ1) is 8.74. The molecule has 4 nitrogen and oxygen atoms in total. The predicted molar refractivity (Wildman–Crippen MR) is 71.8 cm³/mol. The largest absolute Gasteiger partial charge is 0.391 e. The van der Waals surface area contributed by atoms with Gasteiger partial charge < -0.3 is 10.0 Å². The molecule has 5 heteroatoms. The zero-order valence-corrected chi connectivity index (χ0v) is 11.0. The van der Waals surface area contributed by atoms with Gasteiger partial charge in [-0.2, -0.15) is 4.37 Å². The second kappa shape index (κ2) is 4.66. The highest BCUT2D eigenvalue weighted by Gasteiger charge is 2.33. The summed E-state index contributed by atoms with van der Waals surface area (Å²) in [5.41, 5.74) is 1.22. The summed E-state index contributed by atoms with van der Waals surface area (Å²) in [7, 11) is 0. The summed E-state index contributed by atoms with van der Waals surface area (Å²) in [5.74, 6) is 0.795. The molecule has 0 amide bonds. The van der Waals surface area contributed by atoms with E-state index in [1.807, 2.05) is 25.1 Å². The summed E-state index contributed by atoms with van der Waals surface area (Å²) in [6.45, 7) is 2.53. The minimum Gasteiger partial charge on any atom is -0.391 e. The monoisotopic (exact) mass is 261 g/mol. The van der Waals surface area contributed by atoms with Gasteiger partial charge in [0.2, 0.25) is 5.13 Å². The van der Waals surface area contributed by atoms with Crippen LogP contribution in [-0.2, 0) is 0 Å². The maximum Gasteiger partial charge on any atom is 0.205 e. The molecule has 18 heavy (non-hydrogen) atoms. The smallest absolute Gasteiger partial charge is 0.205 e. The molecule has 0 radical (unpaired) electrons. The number of hydrogen-bond donors (Lipinski definition) is 1. The van der Waals surface area contributed by atoms with E-state index in [0.717, 1.165) is 17.4 Å². The van der Waals surface area contributed by atoms with E-state index in [0.29, 0.717) is 6.54 Å². The average molecular weight is 261 g/mol. The first kappa shape index (κ1) is 11.6. The molecule has 0 aliphatic carbocycles. The van der Waals surface area contributed by atoms with Gasteiger partial charge in [-0.25, -0.2) is 4.98 Å². The number of anilines is 1. The third-order valence-corrected chi connectivity index (χ3v) is 4.07. The molecule has 94 valence electrons. The Morgan fingerprint density at radius 1 is 1.33 bits per heavy atom. The Bertz CT molecular complexity index is 528. The number of aliphatic hydroxyl groups excluding tert-OH is 1. The van der Waals surface area contributed by atoms with Crippen LogP contribution in [0, 0.1) is 6.92 Å². The van der Waals surface area contributed by atoms with E-state index >= 15 is 0 Å². The highest BCUT2D eigenvalue weighted by atomic mass is 32.1. The first-order valence-corrected chi connectivity index (χ1v) is 6.81. The van der Waals surface area contributed by atoms with Crippen molar-refractivity contribution in [3.63, 3.8) is 0 Å². The SMILES string of the molecule is Cc1nsc(N2C[C@@H](O)C[C@H]2c2ccccc2)n1. The lowest BCUT2D eigenvalue weighted by Crippen LogP contribution is -2.24. The molecule has 2 atom stereocenters. The fourth-order valence-electron chi connectivity index (χ4n) is 2.42. The molecule has 1 aromatic heterocycles. The molecule has 1 saturated heterocycles. The number of aliphatic hydroxyl groups is 1. The Morgan fingerprint density at radius 2 is 2.11 bits per heavy atom. The van der Waals surface area contributed by atoms with Crippen LogP contribution in [0.2, 0.25) is 0 Å². The van der Waals surface area contributed by atoms with Crippen LogP contribution in [-0.4, -0.2) is 27.1 Å². The Morgan fingerprint density at radius 3 is 2.78 bits per heavy atom. The number of hydrogen-bond acceptors (Lipinski definition) is 5. The van der Waals surface area contributed by atoms with E-state index in [-0.39, 0.29) is 12.1 Å². The van der Waals surface area contributed by atoms with Crippen LogP contribution in [0.25, 0.3) is 0 Å². The Kier molecular flexibility index (Phi) is 3.01. The summed E-state index contributed by atoms with van der Waals surface area (Å²) < 4.78 is 4.22. The molecule has 3 rings (SSSR count). The third kappa shape index (κ3) is 2.11. The van der Waals surface area contributed by atoms with Gasteiger partial charge in [0.25, 0.3) is 0 Å². The first-order valence-electron chi connectivity index (χ1n) is 6.04. The van der Waals surface area contributed by atoms with Crippen molar-refractivity contribution in [2.24, 2.45) is 0 Å². The number of rotatable bonds is 2. The molecule has 0 saturated carbocycles. The van der Waals surface area contributed by atoms with Crippen molar-refractivity contribution in [1.82, 2.24) is 9.36 Å². The fraction of sp³-hybridized carbons (Fsp3) is 0.385. The number of aryl methyl sites for hydroxylation is 1. The molecule has 1 aliphatic rings. The topological polar surface area (TPSA) is 49.2 Å². The molecular weight excluding hydrogens is 246 g/mol. The molecule has 0 unspecified atom stereocenters. The van der Waals surface area contributed by atoms with Gasteiger partial charge in [-0.05, 0) is 18.9 Å². The van der Waals surface area contributed by atoms with Crippen molar-refractivity contribution < 1.29 is 5.11 Å². The van der Waals surface area contributed by atoms with E-state index in [4.69, 9.17) is 0 Å². The van der Waals surface area contributed by atoms with E-state index in [1.165, 1.54) is 17.1 Å². The molecule has 2 heterocycles. The van der Waals surface area contributed by atoms with Crippen LogP contribution in [0.5, 0.6) is 0 Å². The lowest BCUT2D eigenvalue weighted by molar-refractivity contribution is 0.194. The molecule has 0 spiro atoms. The summed E-state index contributed by atoms with van der Waals surface area (Å²) in [6.07, 6.45) is 0.460. The van der Waals surface area contributed by atoms with Gasteiger partial charge in [-0.15, -0.1) is 0 Å². The minimum atomic E-state index is -0.292. The van der Waals surface area contributed by atoms with E-state index in [9.17, 15) is 5.11 Å². The van der Waals surface area contributed by atoms with Crippen LogP contribution < -0.4 is 4.90 Å². The Balaban J connectivity index is 1.93. The Hall–Kier alpha value is -1.46. The van der Waals surface area contributed by atoms with Crippen LogP contribution in [0.1, 0.15) is 23.9 Å². The standard InChI is InChI=1S/C13H15N3OS/c1-9-14-13(18-15-9)16-8-11(17)7-12(16)10-5-3-2-4-6-10/h2-6,11-12,17H,7-8H2,1H3/t11-,12-/m0/s1. The summed E-state index contributed by atoms with van der Waals surface area (Å²) in [4.78, 5) is 6.58. The maximum atomic E-state index is 9.91. The van der Waals surface area contributed by atoms with Gasteiger partial charge in [0.15, 0.2) is 0 Å². The predicted octanol–water partition coefficient (Wildman–Crippen LogP) is 2.16. The van der Waals surface area contributed by atoms with Gasteiger partial charge in [0, 0.05) is 18.1 Å². The van der Waals surface area contributed by atoms with Gasteiger partial charge >= 0.3 is 0 Å². The van der Waals surface area contributed by atoms with Crippen molar-refractivity contribution in [2.75, 3.05) is 11.4 Å². The van der Waals surface area contributed by atoms with Gasteiger partial charge in [0.1, 0.15) is 5.82 Å². The third-order valence-electron chi connectivity index (χ3n) is 3.23. The second-order valence-electron chi connectivity index (χ2n) is 4.59. The molecule has 1 aromatic carbocycles. The molecule has 1 aliphatic heterocycles. The zero-order valence-electron chi connectivity index (χ0n) is 10.2. The van der Waals surface area contributed by atoms with Crippen molar-refractivity contribution >= 4 is 16.7 Å². The normalized spacial score (nSPS) is 23.6. The maximum absolute atomic E-state index is 9.91. The van der Waals surface area contributed by atoms with Gasteiger partial charge in [-0.3, -0.25) is 0 Å². The zero-order chi connectivity index (χ0) is 12.5. The molecule has 2 aromatic rings. The fourth-order valence-corrected chi connectivity index (χ4v) is 3.15. The quantitative estimate of drug-likeness (QED) is 0.900. The number of benzene rings is 1. The lowest BCUT2D eigenvalue weighted by atomic mass is 10.0.